The van der Waals surface area contributed by atoms with E-state index in [-0.39, 0.29) is 0 Å². The number of rotatable bonds is 7. The number of hydrogen-bond donors (Lipinski definition) is 2. The van der Waals surface area contributed by atoms with Gasteiger partial charge < -0.3 is 15.8 Å². The fourth-order valence-corrected chi connectivity index (χ4v) is 1.75. The normalized spacial score (nSPS) is 14.9. The van der Waals surface area contributed by atoms with Crippen molar-refractivity contribution >= 4 is 23.1 Å². The molecular formula is C12H18ClN3O. The third-order valence-electron chi connectivity index (χ3n) is 2.64. The van der Waals surface area contributed by atoms with Crippen LogP contribution >= 0.6 is 11.6 Å². The van der Waals surface area contributed by atoms with E-state index in [1.54, 1.807) is 12.1 Å². The first-order chi connectivity index (χ1) is 8.24. The summed E-state index contributed by atoms with van der Waals surface area (Å²) in [6.07, 6.45) is 3.63. The number of anilines is 2. The molecule has 1 aromatic heterocycles. The number of ether oxygens (including phenoxy) is 1. The summed E-state index contributed by atoms with van der Waals surface area (Å²) in [7, 11) is 0. The van der Waals surface area contributed by atoms with E-state index >= 15 is 0 Å². The molecule has 94 valence electrons. The second-order valence-corrected chi connectivity index (χ2v) is 4.79. The van der Waals surface area contributed by atoms with E-state index < -0.39 is 0 Å². The Bertz CT molecular complexity index is 349. The van der Waals surface area contributed by atoms with E-state index in [0.29, 0.717) is 10.8 Å². The molecule has 2 rings (SSSR count). The fourth-order valence-electron chi connectivity index (χ4n) is 1.53. The van der Waals surface area contributed by atoms with Crippen molar-refractivity contribution in [2.24, 2.45) is 5.92 Å². The Morgan fingerprint density at radius 1 is 1.47 bits per heavy atom. The van der Waals surface area contributed by atoms with E-state index in [1.165, 1.54) is 12.8 Å². The number of nitrogen functional groups attached to an aromatic ring is 1. The van der Waals surface area contributed by atoms with Gasteiger partial charge in [0.05, 0.1) is 0 Å². The number of aromatic nitrogens is 1. The number of halogens is 1. The van der Waals surface area contributed by atoms with Gasteiger partial charge in [0, 0.05) is 31.5 Å². The van der Waals surface area contributed by atoms with Crippen LogP contribution in [0, 0.1) is 5.92 Å². The standard InChI is InChI=1S/C12H18ClN3O/c13-11-6-10(14)7-12(16-11)15-4-1-5-17-8-9-2-3-9/h6-7,9H,1-5,8H2,(H3,14,15,16). The van der Waals surface area contributed by atoms with Crippen LogP contribution < -0.4 is 11.1 Å². The maximum absolute atomic E-state index is 5.80. The monoisotopic (exact) mass is 255 g/mol. The lowest BCUT2D eigenvalue weighted by molar-refractivity contribution is 0.124. The zero-order valence-electron chi connectivity index (χ0n) is 9.79. The minimum atomic E-state index is 0.414. The van der Waals surface area contributed by atoms with Crippen LogP contribution in [0.4, 0.5) is 11.5 Å². The van der Waals surface area contributed by atoms with Crippen molar-refractivity contribution in [2.75, 3.05) is 30.8 Å². The van der Waals surface area contributed by atoms with E-state index in [2.05, 4.69) is 10.3 Å². The summed E-state index contributed by atoms with van der Waals surface area (Å²) in [5.41, 5.74) is 6.29. The minimum Gasteiger partial charge on any atom is -0.399 e. The van der Waals surface area contributed by atoms with Crippen LogP contribution in [0.2, 0.25) is 5.15 Å². The van der Waals surface area contributed by atoms with E-state index in [9.17, 15) is 0 Å². The molecule has 3 N–H and O–H groups in total. The maximum Gasteiger partial charge on any atom is 0.133 e. The zero-order chi connectivity index (χ0) is 12.1. The van der Waals surface area contributed by atoms with Gasteiger partial charge in [0.25, 0.3) is 0 Å². The van der Waals surface area contributed by atoms with Crippen molar-refractivity contribution in [3.05, 3.63) is 17.3 Å². The Kier molecular flexibility index (Phi) is 4.45. The van der Waals surface area contributed by atoms with Crippen LogP contribution in [0.25, 0.3) is 0 Å². The highest BCUT2D eigenvalue weighted by molar-refractivity contribution is 6.29. The van der Waals surface area contributed by atoms with Gasteiger partial charge in [-0.2, -0.15) is 0 Å². The smallest absolute Gasteiger partial charge is 0.133 e. The lowest BCUT2D eigenvalue weighted by Gasteiger charge is -2.07. The van der Waals surface area contributed by atoms with Gasteiger partial charge in [-0.15, -0.1) is 0 Å². The summed E-state index contributed by atoms with van der Waals surface area (Å²) in [4.78, 5) is 4.12. The molecule has 0 saturated heterocycles. The van der Waals surface area contributed by atoms with E-state index in [0.717, 1.165) is 37.9 Å². The van der Waals surface area contributed by atoms with Crippen LogP contribution in [0.5, 0.6) is 0 Å². The van der Waals surface area contributed by atoms with Crippen LogP contribution in [0.3, 0.4) is 0 Å². The number of nitrogens with zero attached hydrogens (tertiary/aromatic N) is 1. The molecule has 0 aliphatic heterocycles. The molecule has 1 fully saturated rings. The van der Waals surface area contributed by atoms with Crippen LogP contribution in [-0.4, -0.2) is 24.7 Å². The molecule has 17 heavy (non-hydrogen) atoms. The summed E-state index contributed by atoms with van der Waals surface area (Å²) in [6.45, 7) is 2.53. The van der Waals surface area contributed by atoms with Gasteiger partial charge in [-0.1, -0.05) is 11.6 Å². The highest BCUT2D eigenvalue weighted by Crippen LogP contribution is 2.28. The Hall–Kier alpha value is -1.00. The van der Waals surface area contributed by atoms with Crippen LogP contribution in [-0.2, 0) is 4.74 Å². The highest BCUT2D eigenvalue weighted by Gasteiger charge is 2.20. The highest BCUT2D eigenvalue weighted by atomic mass is 35.5. The average Bonchev–Trinajstić information content (AvgIpc) is 3.05. The third-order valence-corrected chi connectivity index (χ3v) is 2.83. The molecule has 0 amide bonds. The topological polar surface area (TPSA) is 60.2 Å². The number of pyridine rings is 1. The van der Waals surface area contributed by atoms with E-state index in [1.807, 2.05) is 0 Å². The lowest BCUT2D eigenvalue weighted by atomic mass is 10.4. The first-order valence-corrected chi connectivity index (χ1v) is 6.36. The molecule has 1 aliphatic carbocycles. The molecular weight excluding hydrogens is 238 g/mol. The van der Waals surface area contributed by atoms with Crippen molar-refractivity contribution in [1.82, 2.24) is 4.98 Å². The fraction of sp³-hybridized carbons (Fsp3) is 0.583. The molecule has 4 nitrogen and oxygen atoms in total. The van der Waals surface area contributed by atoms with Gasteiger partial charge in [-0.05, 0) is 31.2 Å². The third kappa shape index (κ3) is 4.79. The summed E-state index contributed by atoms with van der Waals surface area (Å²) in [5.74, 6) is 1.55. The largest absolute Gasteiger partial charge is 0.399 e. The molecule has 1 saturated carbocycles. The summed E-state index contributed by atoms with van der Waals surface area (Å²) < 4.78 is 5.53. The van der Waals surface area contributed by atoms with Gasteiger partial charge in [0.1, 0.15) is 11.0 Å². The lowest BCUT2D eigenvalue weighted by Crippen LogP contribution is -2.08. The summed E-state index contributed by atoms with van der Waals surface area (Å²) in [5, 5.41) is 3.59. The number of nitrogens with two attached hydrogens (primary N) is 1. The quantitative estimate of drug-likeness (QED) is 0.581. The Morgan fingerprint density at radius 2 is 2.29 bits per heavy atom. The van der Waals surface area contributed by atoms with Crippen LogP contribution in [0.1, 0.15) is 19.3 Å². The predicted octanol–water partition coefficient (Wildman–Crippen LogP) is 2.55. The summed E-state index contributed by atoms with van der Waals surface area (Å²) >= 11 is 5.80. The molecule has 1 heterocycles. The molecule has 0 atom stereocenters. The Morgan fingerprint density at radius 3 is 3.00 bits per heavy atom. The predicted molar refractivity (Wildman–Crippen MR) is 70.3 cm³/mol. The average molecular weight is 256 g/mol. The first-order valence-electron chi connectivity index (χ1n) is 5.99. The number of hydrogen-bond acceptors (Lipinski definition) is 4. The van der Waals surface area contributed by atoms with Crippen LogP contribution in [0.15, 0.2) is 12.1 Å². The maximum atomic E-state index is 5.80. The molecule has 1 aromatic rings. The zero-order valence-corrected chi connectivity index (χ0v) is 10.5. The SMILES string of the molecule is Nc1cc(Cl)nc(NCCCOCC2CC2)c1. The minimum absolute atomic E-state index is 0.414. The Balaban J connectivity index is 1.59. The molecule has 0 radical (unpaired) electrons. The first kappa shape index (κ1) is 12.5. The van der Waals surface area contributed by atoms with Crippen molar-refractivity contribution in [1.29, 1.82) is 0 Å². The van der Waals surface area contributed by atoms with Gasteiger partial charge in [0.2, 0.25) is 0 Å². The second kappa shape index (κ2) is 6.07. The molecule has 1 aliphatic rings. The molecule has 0 unspecified atom stereocenters. The van der Waals surface area contributed by atoms with E-state index in [4.69, 9.17) is 22.1 Å². The second-order valence-electron chi connectivity index (χ2n) is 4.41. The van der Waals surface area contributed by atoms with Gasteiger partial charge in [0.15, 0.2) is 0 Å². The Labute approximate surface area is 107 Å². The molecule has 0 bridgehead atoms. The molecule has 0 spiro atoms. The van der Waals surface area contributed by atoms with Crippen molar-refractivity contribution in [3.63, 3.8) is 0 Å². The number of nitrogens with one attached hydrogen (secondary N) is 1. The van der Waals surface area contributed by atoms with Crippen molar-refractivity contribution < 1.29 is 4.74 Å². The molecule has 5 heteroatoms. The summed E-state index contributed by atoms with van der Waals surface area (Å²) in [6, 6.07) is 3.41. The van der Waals surface area contributed by atoms with Crippen molar-refractivity contribution in [2.45, 2.75) is 19.3 Å². The van der Waals surface area contributed by atoms with Gasteiger partial charge in [-0.3, -0.25) is 0 Å². The van der Waals surface area contributed by atoms with Crippen molar-refractivity contribution in [3.8, 4) is 0 Å². The van der Waals surface area contributed by atoms with Gasteiger partial charge in [-0.25, -0.2) is 4.98 Å². The molecule has 0 aromatic carbocycles. The van der Waals surface area contributed by atoms with Gasteiger partial charge >= 0.3 is 0 Å².